The van der Waals surface area contributed by atoms with E-state index in [4.69, 9.17) is 16.3 Å². The molecule has 1 aromatic rings. The Morgan fingerprint density at radius 3 is 2.81 bits per heavy atom. The topological polar surface area (TPSA) is 44.1 Å². The van der Waals surface area contributed by atoms with Crippen LogP contribution in [0.25, 0.3) is 0 Å². The lowest BCUT2D eigenvalue weighted by Gasteiger charge is -2.21. The number of carbonyl (C=O) groups excluding carboxylic acids is 1. The number of carbonyl (C=O) groups is 1. The molecule has 0 amide bonds. The smallest absolute Gasteiger partial charge is 0.135 e. The fraction of sp³-hybridized carbons (Fsp3) is 0.636. The molecule has 0 radical (unpaired) electrons. The second kappa shape index (κ2) is 4.97. The first kappa shape index (κ1) is 11.6. The lowest BCUT2D eigenvalue weighted by Crippen LogP contribution is -2.21. The number of aromatic nitrogens is 2. The molecule has 1 aliphatic rings. The van der Waals surface area contributed by atoms with Crippen molar-refractivity contribution in [1.29, 1.82) is 0 Å². The molecule has 0 unspecified atom stereocenters. The number of Topliss-reactive ketones (excluding diaryl/α,β-unsaturated/α-hetero) is 1. The van der Waals surface area contributed by atoms with E-state index in [-0.39, 0.29) is 6.10 Å². The fourth-order valence-corrected chi connectivity index (χ4v) is 1.98. The predicted octanol–water partition coefficient (Wildman–Crippen LogP) is 2.10. The van der Waals surface area contributed by atoms with Crippen molar-refractivity contribution in [3.05, 3.63) is 17.2 Å². The van der Waals surface area contributed by atoms with E-state index in [2.05, 4.69) is 4.98 Å². The molecule has 1 heterocycles. The second-order valence-corrected chi connectivity index (χ2v) is 4.49. The minimum Gasteiger partial charge on any atom is -0.370 e. The highest BCUT2D eigenvalue weighted by atomic mass is 35.5. The Morgan fingerprint density at radius 1 is 1.56 bits per heavy atom. The minimum absolute atomic E-state index is 0.188. The lowest BCUT2D eigenvalue weighted by molar-refractivity contribution is -0.123. The average molecular weight is 243 g/mol. The maximum Gasteiger partial charge on any atom is 0.135 e. The molecule has 0 aromatic carbocycles. The summed E-state index contributed by atoms with van der Waals surface area (Å²) in [5, 5.41) is 0.609. The van der Waals surface area contributed by atoms with Gasteiger partial charge in [-0.15, -0.1) is 0 Å². The van der Waals surface area contributed by atoms with Gasteiger partial charge in [-0.05, 0) is 12.8 Å². The number of ether oxygens (including phenoxy) is 1. The van der Waals surface area contributed by atoms with Crippen LogP contribution in [-0.2, 0) is 23.2 Å². The van der Waals surface area contributed by atoms with Crippen molar-refractivity contribution in [2.75, 3.05) is 0 Å². The quantitative estimate of drug-likeness (QED) is 0.815. The monoisotopic (exact) mass is 242 g/mol. The fourth-order valence-electron chi connectivity index (χ4n) is 1.83. The molecule has 0 bridgehead atoms. The van der Waals surface area contributed by atoms with Crippen LogP contribution in [0.1, 0.15) is 31.5 Å². The van der Waals surface area contributed by atoms with Crippen LogP contribution in [0, 0.1) is 0 Å². The molecule has 88 valence electrons. The number of hydrogen-bond acceptors (Lipinski definition) is 3. The van der Waals surface area contributed by atoms with Crippen LogP contribution < -0.4 is 0 Å². The van der Waals surface area contributed by atoms with E-state index in [1.54, 1.807) is 10.8 Å². The third-order valence-corrected chi connectivity index (χ3v) is 3.32. The van der Waals surface area contributed by atoms with Gasteiger partial charge in [0, 0.05) is 19.9 Å². The molecular weight excluding hydrogens is 228 g/mol. The van der Waals surface area contributed by atoms with Gasteiger partial charge in [0.25, 0.3) is 0 Å². The molecule has 5 heteroatoms. The van der Waals surface area contributed by atoms with Gasteiger partial charge in [-0.2, -0.15) is 0 Å². The van der Waals surface area contributed by atoms with Crippen molar-refractivity contribution >= 4 is 17.4 Å². The number of imidazole rings is 1. The van der Waals surface area contributed by atoms with E-state index in [9.17, 15) is 4.79 Å². The van der Waals surface area contributed by atoms with E-state index < -0.39 is 0 Å². The highest BCUT2D eigenvalue weighted by Crippen LogP contribution is 2.19. The molecule has 1 aliphatic carbocycles. The van der Waals surface area contributed by atoms with Gasteiger partial charge in [-0.3, -0.25) is 4.79 Å². The standard InChI is InChI=1S/C11H15ClN2O2/c1-14-10(12)6-13-11(14)7-16-9-4-2-8(15)3-5-9/h6,9H,2-5,7H2,1H3. The van der Waals surface area contributed by atoms with E-state index in [1.165, 1.54) is 0 Å². The molecule has 0 saturated heterocycles. The van der Waals surface area contributed by atoms with E-state index in [0.717, 1.165) is 18.7 Å². The van der Waals surface area contributed by atoms with E-state index >= 15 is 0 Å². The van der Waals surface area contributed by atoms with Gasteiger partial charge in [0.2, 0.25) is 0 Å². The van der Waals surface area contributed by atoms with Crippen molar-refractivity contribution in [3.63, 3.8) is 0 Å². The Hall–Kier alpha value is -0.870. The van der Waals surface area contributed by atoms with Gasteiger partial charge < -0.3 is 9.30 Å². The normalized spacial score (nSPS) is 18.0. The number of halogens is 1. The maximum absolute atomic E-state index is 11.1. The Morgan fingerprint density at radius 2 is 2.25 bits per heavy atom. The molecule has 1 saturated carbocycles. The third-order valence-electron chi connectivity index (χ3n) is 2.97. The number of rotatable bonds is 3. The van der Waals surface area contributed by atoms with Crippen molar-refractivity contribution in [2.24, 2.45) is 7.05 Å². The predicted molar refractivity (Wildman–Crippen MR) is 60.3 cm³/mol. The van der Waals surface area contributed by atoms with Crippen molar-refractivity contribution in [1.82, 2.24) is 9.55 Å². The van der Waals surface area contributed by atoms with Crippen LogP contribution in [0.2, 0.25) is 5.15 Å². The van der Waals surface area contributed by atoms with Gasteiger partial charge in [-0.1, -0.05) is 11.6 Å². The van der Waals surface area contributed by atoms with E-state index in [0.29, 0.717) is 30.4 Å². The van der Waals surface area contributed by atoms with E-state index in [1.807, 2.05) is 7.05 Å². The van der Waals surface area contributed by atoms with Crippen LogP contribution in [0.4, 0.5) is 0 Å². The Balaban J connectivity index is 1.83. The molecule has 1 fully saturated rings. The molecule has 0 N–H and O–H groups in total. The summed E-state index contributed by atoms with van der Waals surface area (Å²) in [4.78, 5) is 15.2. The van der Waals surface area contributed by atoms with Gasteiger partial charge >= 0.3 is 0 Å². The maximum atomic E-state index is 11.1. The molecule has 4 nitrogen and oxygen atoms in total. The van der Waals surface area contributed by atoms with Gasteiger partial charge in [0.1, 0.15) is 23.4 Å². The van der Waals surface area contributed by atoms with Crippen molar-refractivity contribution in [2.45, 2.75) is 38.4 Å². The van der Waals surface area contributed by atoms with Crippen LogP contribution >= 0.6 is 11.6 Å². The zero-order valence-corrected chi connectivity index (χ0v) is 10.0. The molecule has 0 atom stereocenters. The summed E-state index contributed by atoms with van der Waals surface area (Å²) in [5.41, 5.74) is 0. The van der Waals surface area contributed by atoms with Crippen LogP contribution in [-0.4, -0.2) is 21.4 Å². The first-order valence-corrected chi connectivity index (χ1v) is 5.84. The summed E-state index contributed by atoms with van der Waals surface area (Å²) in [6.07, 6.45) is 4.75. The highest BCUT2D eigenvalue weighted by Gasteiger charge is 2.19. The summed E-state index contributed by atoms with van der Waals surface area (Å²) >= 11 is 5.87. The summed E-state index contributed by atoms with van der Waals surface area (Å²) in [5.74, 6) is 1.17. The zero-order chi connectivity index (χ0) is 11.5. The summed E-state index contributed by atoms with van der Waals surface area (Å²) in [6.45, 7) is 0.460. The molecular formula is C11H15ClN2O2. The lowest BCUT2D eigenvalue weighted by atomic mass is 9.96. The van der Waals surface area contributed by atoms with Crippen LogP contribution in [0.5, 0.6) is 0 Å². The first-order chi connectivity index (χ1) is 7.66. The molecule has 1 aromatic heterocycles. The Labute approximate surface area is 99.6 Å². The zero-order valence-electron chi connectivity index (χ0n) is 9.28. The van der Waals surface area contributed by atoms with Crippen molar-refractivity contribution in [3.8, 4) is 0 Å². The Bertz CT molecular complexity index is 379. The Kier molecular flexibility index (Phi) is 3.61. The van der Waals surface area contributed by atoms with Gasteiger partial charge in [0.15, 0.2) is 0 Å². The largest absolute Gasteiger partial charge is 0.370 e. The summed E-state index contributed by atoms with van der Waals surface area (Å²) < 4.78 is 7.52. The third kappa shape index (κ3) is 2.62. The molecule has 16 heavy (non-hydrogen) atoms. The average Bonchev–Trinajstić information content (AvgIpc) is 2.60. The van der Waals surface area contributed by atoms with Gasteiger partial charge in [0.05, 0.1) is 12.3 Å². The van der Waals surface area contributed by atoms with Crippen LogP contribution in [0.15, 0.2) is 6.20 Å². The van der Waals surface area contributed by atoms with Crippen molar-refractivity contribution < 1.29 is 9.53 Å². The summed E-state index contributed by atoms with van der Waals surface area (Å²) in [6, 6.07) is 0. The first-order valence-electron chi connectivity index (χ1n) is 5.46. The highest BCUT2D eigenvalue weighted by molar-refractivity contribution is 6.29. The summed E-state index contributed by atoms with van der Waals surface area (Å²) in [7, 11) is 1.86. The number of nitrogens with zero attached hydrogens (tertiary/aromatic N) is 2. The second-order valence-electron chi connectivity index (χ2n) is 4.11. The minimum atomic E-state index is 0.188. The molecule has 0 aliphatic heterocycles. The van der Waals surface area contributed by atoms with Gasteiger partial charge in [-0.25, -0.2) is 4.98 Å². The molecule has 0 spiro atoms. The SMILES string of the molecule is Cn1c(Cl)cnc1COC1CCC(=O)CC1. The van der Waals surface area contributed by atoms with Crippen LogP contribution in [0.3, 0.4) is 0 Å². The molecule has 2 rings (SSSR count). The number of hydrogen-bond donors (Lipinski definition) is 0. The number of ketones is 1.